The van der Waals surface area contributed by atoms with Gasteiger partial charge in [-0.05, 0) is 19.1 Å². The van der Waals surface area contributed by atoms with Crippen molar-refractivity contribution in [3.8, 4) is 0 Å². The van der Waals surface area contributed by atoms with Crippen LogP contribution in [-0.2, 0) is 6.18 Å². The second kappa shape index (κ2) is 7.38. The molecule has 0 spiro atoms. The number of halogens is 3. The number of nitrogens with zero attached hydrogens (tertiary/aromatic N) is 1. The summed E-state index contributed by atoms with van der Waals surface area (Å²) >= 11 is 0. The minimum absolute atomic E-state index is 0.0191. The summed E-state index contributed by atoms with van der Waals surface area (Å²) in [5, 5.41) is 14.8. The van der Waals surface area contributed by atoms with Gasteiger partial charge < -0.3 is 25.7 Å². The van der Waals surface area contributed by atoms with Crippen LogP contribution in [0.15, 0.2) is 23.0 Å². The Morgan fingerprint density at radius 3 is 2.64 bits per heavy atom. The highest BCUT2D eigenvalue weighted by Crippen LogP contribution is 2.28. The monoisotopic (exact) mass is 359 g/mol. The predicted molar refractivity (Wildman–Crippen MR) is 82.2 cm³/mol. The molecule has 0 aliphatic rings. The molecule has 5 N–H and O–H groups in total. The van der Waals surface area contributed by atoms with Crippen molar-refractivity contribution in [1.29, 1.82) is 0 Å². The summed E-state index contributed by atoms with van der Waals surface area (Å²) in [4.78, 5) is 31.4. The molecule has 136 valence electrons. The molecule has 1 amide bonds. The number of aromatic amines is 2. The Balaban J connectivity index is 1.83. The summed E-state index contributed by atoms with van der Waals surface area (Å²) in [6, 6.07) is 2.97. The fraction of sp³-hybridized carbons (Fsp3) is 0.357. The molecule has 0 saturated heterocycles. The van der Waals surface area contributed by atoms with Gasteiger partial charge in [0.1, 0.15) is 23.0 Å². The summed E-state index contributed by atoms with van der Waals surface area (Å²) in [6.07, 6.45) is -5.61. The first-order valence-corrected chi connectivity index (χ1v) is 7.19. The van der Waals surface area contributed by atoms with Gasteiger partial charge in [-0.2, -0.15) is 13.2 Å². The number of carbonyl (C=O) groups is 1. The molecule has 11 heteroatoms. The van der Waals surface area contributed by atoms with Crippen molar-refractivity contribution >= 4 is 11.7 Å². The Kier molecular flexibility index (Phi) is 5.47. The van der Waals surface area contributed by atoms with E-state index in [4.69, 9.17) is 0 Å². The average molecular weight is 359 g/mol. The maximum absolute atomic E-state index is 12.5. The molecule has 2 aromatic heterocycles. The van der Waals surface area contributed by atoms with Crippen LogP contribution in [0.4, 0.5) is 19.0 Å². The molecule has 1 unspecified atom stereocenters. The molecule has 0 aliphatic carbocycles. The molecule has 8 nitrogen and oxygen atoms in total. The zero-order valence-electron chi connectivity index (χ0n) is 13.1. The number of H-pyrrole nitrogens is 2. The van der Waals surface area contributed by atoms with Crippen molar-refractivity contribution in [2.45, 2.75) is 19.2 Å². The molecule has 0 saturated carbocycles. The molecular weight excluding hydrogens is 343 g/mol. The van der Waals surface area contributed by atoms with Gasteiger partial charge in [0, 0.05) is 19.2 Å². The van der Waals surface area contributed by atoms with Gasteiger partial charge in [0.15, 0.2) is 0 Å². The van der Waals surface area contributed by atoms with Gasteiger partial charge in [-0.1, -0.05) is 0 Å². The maximum atomic E-state index is 12.5. The van der Waals surface area contributed by atoms with Gasteiger partial charge in [-0.3, -0.25) is 9.59 Å². The van der Waals surface area contributed by atoms with Crippen molar-refractivity contribution < 1.29 is 23.1 Å². The highest BCUT2D eigenvalue weighted by Gasteiger charge is 2.32. The van der Waals surface area contributed by atoms with Gasteiger partial charge in [0.25, 0.3) is 11.5 Å². The largest absolute Gasteiger partial charge is 0.431 e. The summed E-state index contributed by atoms with van der Waals surface area (Å²) < 4.78 is 37.4. The summed E-state index contributed by atoms with van der Waals surface area (Å²) in [5.41, 5.74) is -1.65. The number of rotatable bonds is 6. The van der Waals surface area contributed by atoms with Crippen molar-refractivity contribution in [1.82, 2.24) is 20.3 Å². The number of aliphatic hydroxyl groups excluding tert-OH is 1. The SMILES string of the molecule is Cc1nc(NCC(O)CNC(=O)c2ccc(C(F)(F)F)[nH]2)cc(=O)[nH]1. The Morgan fingerprint density at radius 1 is 1.32 bits per heavy atom. The third-order valence-corrected chi connectivity index (χ3v) is 3.11. The van der Waals surface area contributed by atoms with Crippen LogP contribution in [0.5, 0.6) is 0 Å². The van der Waals surface area contributed by atoms with Gasteiger partial charge in [0.05, 0.1) is 6.10 Å². The predicted octanol–water partition coefficient (Wildman–Crippen LogP) is 0.628. The normalized spacial score (nSPS) is 12.7. The summed E-state index contributed by atoms with van der Waals surface area (Å²) in [7, 11) is 0. The Labute approximate surface area is 139 Å². The van der Waals surface area contributed by atoms with Crippen LogP contribution in [0.2, 0.25) is 0 Å². The Hall–Kier alpha value is -2.82. The number of carbonyl (C=O) groups excluding carboxylic acids is 1. The quantitative estimate of drug-likeness (QED) is 0.518. The van der Waals surface area contributed by atoms with Gasteiger partial charge >= 0.3 is 6.18 Å². The number of hydrogen-bond donors (Lipinski definition) is 5. The maximum Gasteiger partial charge on any atom is 0.431 e. The van der Waals surface area contributed by atoms with Crippen LogP contribution in [0.25, 0.3) is 0 Å². The lowest BCUT2D eigenvalue weighted by atomic mass is 10.3. The highest BCUT2D eigenvalue weighted by atomic mass is 19.4. The van der Waals surface area contributed by atoms with Crippen LogP contribution >= 0.6 is 0 Å². The number of hydrogen-bond acceptors (Lipinski definition) is 5. The van der Waals surface area contributed by atoms with Crippen molar-refractivity contribution in [2.24, 2.45) is 0 Å². The molecule has 2 aromatic rings. The molecule has 2 heterocycles. The highest BCUT2D eigenvalue weighted by molar-refractivity contribution is 5.92. The third-order valence-electron chi connectivity index (χ3n) is 3.11. The zero-order valence-corrected chi connectivity index (χ0v) is 13.1. The lowest BCUT2D eigenvalue weighted by molar-refractivity contribution is -0.140. The number of amides is 1. The fourth-order valence-corrected chi connectivity index (χ4v) is 1.96. The number of aromatic nitrogens is 3. The average Bonchev–Trinajstić information content (AvgIpc) is 3.00. The number of aliphatic hydroxyl groups is 1. The zero-order chi connectivity index (χ0) is 18.6. The molecule has 2 rings (SSSR count). The first kappa shape index (κ1) is 18.5. The van der Waals surface area contributed by atoms with Crippen LogP contribution in [0.3, 0.4) is 0 Å². The lowest BCUT2D eigenvalue weighted by Crippen LogP contribution is -2.36. The van der Waals surface area contributed by atoms with E-state index in [0.29, 0.717) is 5.82 Å². The molecule has 0 fully saturated rings. The van der Waals surface area contributed by atoms with Crippen LogP contribution in [-0.4, -0.2) is 45.2 Å². The number of anilines is 1. The molecule has 25 heavy (non-hydrogen) atoms. The van der Waals surface area contributed by atoms with E-state index in [1.165, 1.54) is 6.07 Å². The molecule has 0 aliphatic heterocycles. The molecule has 0 radical (unpaired) electrons. The van der Waals surface area contributed by atoms with E-state index in [2.05, 4.69) is 20.6 Å². The second-order valence-corrected chi connectivity index (χ2v) is 5.24. The summed E-state index contributed by atoms with van der Waals surface area (Å²) in [5.74, 6) is -0.129. The van der Waals surface area contributed by atoms with Crippen molar-refractivity contribution in [3.63, 3.8) is 0 Å². The van der Waals surface area contributed by atoms with E-state index in [0.717, 1.165) is 12.1 Å². The standard InChI is InChI=1S/C14H16F3N5O3/c1-7-20-11(4-12(24)21-7)18-5-8(23)6-19-13(25)9-2-3-10(22-9)14(15,16)17/h2-4,8,22-23H,5-6H2,1H3,(H,19,25)(H2,18,20,21,24). The summed E-state index contributed by atoms with van der Waals surface area (Å²) in [6.45, 7) is 1.37. The Bertz CT molecular complexity index is 799. The minimum Gasteiger partial charge on any atom is -0.389 e. The van der Waals surface area contributed by atoms with E-state index in [1.807, 2.05) is 4.98 Å². The van der Waals surface area contributed by atoms with Crippen molar-refractivity contribution in [3.05, 3.63) is 45.8 Å². The number of nitrogens with one attached hydrogen (secondary N) is 4. The molecule has 1 atom stereocenters. The minimum atomic E-state index is -4.57. The number of aryl methyl sites for hydroxylation is 1. The first-order chi connectivity index (χ1) is 11.6. The van der Waals surface area contributed by atoms with E-state index in [-0.39, 0.29) is 30.2 Å². The van der Waals surface area contributed by atoms with E-state index < -0.39 is 23.9 Å². The fourth-order valence-electron chi connectivity index (χ4n) is 1.96. The van der Waals surface area contributed by atoms with E-state index in [1.54, 1.807) is 6.92 Å². The Morgan fingerprint density at radius 2 is 2.04 bits per heavy atom. The van der Waals surface area contributed by atoms with Gasteiger partial charge in [-0.15, -0.1) is 0 Å². The molecule has 0 aromatic carbocycles. The molecule has 0 bridgehead atoms. The van der Waals surface area contributed by atoms with Crippen molar-refractivity contribution in [2.75, 3.05) is 18.4 Å². The smallest absolute Gasteiger partial charge is 0.389 e. The second-order valence-electron chi connectivity index (χ2n) is 5.24. The van der Waals surface area contributed by atoms with Gasteiger partial charge in [-0.25, -0.2) is 4.98 Å². The molecular formula is C14H16F3N5O3. The van der Waals surface area contributed by atoms with E-state index >= 15 is 0 Å². The van der Waals surface area contributed by atoms with E-state index in [9.17, 15) is 27.9 Å². The van der Waals surface area contributed by atoms with Crippen LogP contribution in [0.1, 0.15) is 22.0 Å². The van der Waals surface area contributed by atoms with Crippen LogP contribution in [0, 0.1) is 6.92 Å². The lowest BCUT2D eigenvalue weighted by Gasteiger charge is -2.13. The third kappa shape index (κ3) is 5.35. The first-order valence-electron chi connectivity index (χ1n) is 7.19. The van der Waals surface area contributed by atoms with Gasteiger partial charge in [0.2, 0.25) is 0 Å². The van der Waals surface area contributed by atoms with Crippen LogP contribution < -0.4 is 16.2 Å². The topological polar surface area (TPSA) is 123 Å². The number of alkyl halides is 3.